The van der Waals surface area contributed by atoms with E-state index < -0.39 is 5.82 Å². The van der Waals surface area contributed by atoms with Crippen molar-refractivity contribution in [3.63, 3.8) is 0 Å². The Morgan fingerprint density at radius 1 is 1.35 bits per heavy atom. The summed E-state index contributed by atoms with van der Waals surface area (Å²) in [5.74, 6) is 0.952. The summed E-state index contributed by atoms with van der Waals surface area (Å²) in [6.07, 6.45) is 7.16. The van der Waals surface area contributed by atoms with Crippen molar-refractivity contribution >= 4 is 18.2 Å². The molecule has 1 aliphatic heterocycles. The first-order valence-electron chi connectivity index (χ1n) is 8.60. The zero-order chi connectivity index (χ0) is 19.1. The Balaban J connectivity index is 2.06. The second-order valence-corrected chi connectivity index (χ2v) is 6.53. The summed E-state index contributed by atoms with van der Waals surface area (Å²) in [7, 11) is 1.40. The molecular weight excluding hydrogens is 331 g/mol. The molecule has 1 aromatic carbocycles. The smallest absolute Gasteiger partial charge is 0.165 e. The van der Waals surface area contributed by atoms with E-state index in [1.165, 1.54) is 25.3 Å². The highest BCUT2D eigenvalue weighted by Gasteiger charge is 2.25. The molecule has 0 aliphatic carbocycles. The van der Waals surface area contributed by atoms with Gasteiger partial charge in [-0.15, -0.1) is 0 Å². The summed E-state index contributed by atoms with van der Waals surface area (Å²) in [6, 6.07) is 4.46. The minimum atomic E-state index is -0.502. The van der Waals surface area contributed by atoms with Crippen molar-refractivity contribution in [3.8, 4) is 5.75 Å². The van der Waals surface area contributed by atoms with Gasteiger partial charge in [0.05, 0.1) is 12.8 Å². The molecule has 0 spiro atoms. The van der Waals surface area contributed by atoms with E-state index in [0.717, 1.165) is 18.8 Å². The molecule has 5 heteroatoms. The molecule has 2 rings (SSSR count). The summed E-state index contributed by atoms with van der Waals surface area (Å²) in [6.45, 7) is 10.6. The van der Waals surface area contributed by atoms with E-state index in [1.54, 1.807) is 18.4 Å². The lowest BCUT2D eigenvalue weighted by atomic mass is 10.0. The number of carbonyl (C=O) groups excluding carboxylic acids is 1. The molecule has 4 nitrogen and oxygen atoms in total. The van der Waals surface area contributed by atoms with Crippen LogP contribution < -0.4 is 4.74 Å². The Labute approximate surface area is 154 Å². The number of nitrogens with zero attached hydrogens (tertiary/aromatic N) is 2. The molecule has 1 fully saturated rings. The minimum absolute atomic E-state index is 0.147. The van der Waals surface area contributed by atoms with Crippen LogP contribution in [0.4, 0.5) is 4.39 Å². The molecule has 138 valence electrons. The quantitative estimate of drug-likeness (QED) is 0.320. The van der Waals surface area contributed by atoms with Crippen molar-refractivity contribution in [2.24, 2.45) is 16.8 Å². The maximum absolute atomic E-state index is 13.9. The molecule has 0 radical (unpaired) electrons. The molecule has 0 unspecified atom stereocenters. The van der Waals surface area contributed by atoms with Gasteiger partial charge in [-0.1, -0.05) is 20.4 Å². The maximum Gasteiger partial charge on any atom is 0.165 e. The zero-order valence-corrected chi connectivity index (χ0v) is 15.5. The summed E-state index contributed by atoms with van der Waals surface area (Å²) in [5, 5.41) is 0. The third-order valence-corrected chi connectivity index (χ3v) is 4.66. The molecule has 0 N–H and O–H groups in total. The molecule has 1 saturated heterocycles. The predicted molar refractivity (Wildman–Crippen MR) is 104 cm³/mol. The molecule has 1 aromatic rings. The summed E-state index contributed by atoms with van der Waals surface area (Å²) < 4.78 is 18.8. The fraction of sp³-hybridized carbons (Fsp3) is 0.333. The van der Waals surface area contributed by atoms with Crippen LogP contribution in [-0.4, -0.2) is 37.6 Å². The Morgan fingerprint density at radius 3 is 2.62 bits per heavy atom. The number of hydrogen-bond donors (Lipinski definition) is 0. The van der Waals surface area contributed by atoms with Crippen molar-refractivity contribution in [2.75, 3.05) is 20.2 Å². The van der Waals surface area contributed by atoms with Gasteiger partial charge in [0.2, 0.25) is 0 Å². The number of likely N-dealkylation sites (tertiary alicyclic amines) is 1. The molecule has 26 heavy (non-hydrogen) atoms. The van der Waals surface area contributed by atoms with Crippen LogP contribution in [0.5, 0.6) is 5.75 Å². The van der Waals surface area contributed by atoms with Crippen molar-refractivity contribution < 1.29 is 13.9 Å². The first-order valence-corrected chi connectivity index (χ1v) is 8.60. The van der Waals surface area contributed by atoms with Gasteiger partial charge in [-0.2, -0.15) is 0 Å². The number of halogens is 1. The number of carbonyl (C=O) groups is 1. The third kappa shape index (κ3) is 4.91. The predicted octanol–water partition coefficient (Wildman–Crippen LogP) is 4.10. The van der Waals surface area contributed by atoms with E-state index >= 15 is 0 Å². The Bertz CT molecular complexity index is 742. The first kappa shape index (κ1) is 19.6. The van der Waals surface area contributed by atoms with Crippen LogP contribution in [0.25, 0.3) is 5.70 Å². The first-order chi connectivity index (χ1) is 12.5. The highest BCUT2D eigenvalue weighted by molar-refractivity contribution is 5.86. The van der Waals surface area contributed by atoms with Crippen LogP contribution in [0.2, 0.25) is 0 Å². The monoisotopic (exact) mass is 356 g/mol. The number of aliphatic imine (C=N–C) groups is 1. The van der Waals surface area contributed by atoms with Gasteiger partial charge in [0, 0.05) is 36.6 Å². The van der Waals surface area contributed by atoms with Crippen molar-refractivity contribution in [3.05, 3.63) is 60.1 Å². The van der Waals surface area contributed by atoms with E-state index in [1.807, 2.05) is 6.08 Å². The average molecular weight is 356 g/mol. The van der Waals surface area contributed by atoms with E-state index in [9.17, 15) is 9.18 Å². The lowest BCUT2D eigenvalue weighted by Crippen LogP contribution is -2.18. The molecule has 1 aliphatic rings. The van der Waals surface area contributed by atoms with Crippen LogP contribution in [0, 0.1) is 17.7 Å². The summed E-state index contributed by atoms with van der Waals surface area (Å²) >= 11 is 0. The number of benzene rings is 1. The van der Waals surface area contributed by atoms with Gasteiger partial charge < -0.3 is 9.64 Å². The van der Waals surface area contributed by atoms with E-state index in [0.29, 0.717) is 29.4 Å². The molecule has 0 amide bonds. The SMILES string of the molecule is C=C(\C=C/C=N\C(=C/C=O)c1ccc(OC)c(F)c1)N1C[C@@H](C)[C@@H](C)C1. The van der Waals surface area contributed by atoms with Gasteiger partial charge in [0.25, 0.3) is 0 Å². The van der Waals surface area contributed by atoms with Gasteiger partial charge in [-0.3, -0.25) is 9.79 Å². The topological polar surface area (TPSA) is 41.9 Å². The standard InChI is InChI=1S/C21H25FN2O2/c1-15-13-24(14-16(15)2)17(3)6-5-10-23-20(9-11-25)18-7-8-21(26-4)19(22)12-18/h5-12,15-16H,3,13-14H2,1-2,4H3/b6-5-,20-9-,23-10-/t15-,16+. The molecule has 0 aromatic heterocycles. The number of hydrogen-bond acceptors (Lipinski definition) is 4. The Morgan fingerprint density at radius 2 is 2.04 bits per heavy atom. The average Bonchev–Trinajstić information content (AvgIpc) is 2.96. The normalized spacial score (nSPS) is 20.9. The third-order valence-electron chi connectivity index (χ3n) is 4.66. The molecule has 2 atom stereocenters. The Kier molecular flexibility index (Phi) is 6.89. The van der Waals surface area contributed by atoms with Gasteiger partial charge >= 0.3 is 0 Å². The highest BCUT2D eigenvalue weighted by atomic mass is 19.1. The summed E-state index contributed by atoms with van der Waals surface area (Å²) in [5.41, 5.74) is 1.81. The maximum atomic E-state index is 13.9. The largest absolute Gasteiger partial charge is 0.494 e. The second kappa shape index (κ2) is 9.13. The number of allylic oxidation sites excluding steroid dienone is 3. The van der Waals surface area contributed by atoms with Gasteiger partial charge in [0.15, 0.2) is 11.6 Å². The fourth-order valence-electron chi connectivity index (χ4n) is 2.85. The molecular formula is C21H25FN2O2. The number of aldehydes is 1. The van der Waals surface area contributed by atoms with Crippen LogP contribution in [0.1, 0.15) is 19.4 Å². The number of rotatable bonds is 7. The van der Waals surface area contributed by atoms with Crippen LogP contribution >= 0.6 is 0 Å². The number of ether oxygens (including phenoxy) is 1. The van der Waals surface area contributed by atoms with Crippen molar-refractivity contribution in [1.29, 1.82) is 0 Å². The molecule has 0 bridgehead atoms. The van der Waals surface area contributed by atoms with Gasteiger partial charge in [-0.25, -0.2) is 4.39 Å². The van der Waals surface area contributed by atoms with Crippen molar-refractivity contribution in [2.45, 2.75) is 13.8 Å². The van der Waals surface area contributed by atoms with E-state index in [2.05, 4.69) is 30.3 Å². The molecule has 0 saturated carbocycles. The second-order valence-electron chi connectivity index (χ2n) is 6.53. The van der Waals surface area contributed by atoms with Crippen LogP contribution in [0.15, 0.2) is 53.7 Å². The van der Waals surface area contributed by atoms with Crippen LogP contribution in [0.3, 0.4) is 0 Å². The van der Waals surface area contributed by atoms with Crippen LogP contribution in [-0.2, 0) is 4.79 Å². The highest BCUT2D eigenvalue weighted by Crippen LogP contribution is 2.25. The zero-order valence-electron chi connectivity index (χ0n) is 15.5. The Hall–Kier alpha value is -2.69. The minimum Gasteiger partial charge on any atom is -0.494 e. The van der Waals surface area contributed by atoms with Crippen molar-refractivity contribution in [1.82, 2.24) is 4.90 Å². The fourth-order valence-corrected chi connectivity index (χ4v) is 2.85. The van der Waals surface area contributed by atoms with E-state index in [-0.39, 0.29) is 5.75 Å². The number of methoxy groups -OCH3 is 1. The molecule has 1 heterocycles. The van der Waals surface area contributed by atoms with Gasteiger partial charge in [0.1, 0.15) is 6.29 Å². The summed E-state index contributed by atoms with van der Waals surface area (Å²) in [4.78, 5) is 17.4. The van der Waals surface area contributed by atoms with Gasteiger partial charge in [-0.05, 0) is 42.2 Å². The lowest BCUT2D eigenvalue weighted by molar-refractivity contribution is -0.104. The lowest BCUT2D eigenvalue weighted by Gasteiger charge is -2.17. The van der Waals surface area contributed by atoms with E-state index in [4.69, 9.17) is 4.74 Å².